The zero-order valence-electron chi connectivity index (χ0n) is 13.8. The summed E-state index contributed by atoms with van der Waals surface area (Å²) in [5.41, 5.74) is 3.47. The maximum Gasteiger partial charge on any atom is 0.258 e. The zero-order valence-corrected chi connectivity index (χ0v) is 13.8. The Bertz CT molecular complexity index is 758. The van der Waals surface area contributed by atoms with E-state index in [1.54, 1.807) is 11.9 Å². The predicted octanol–water partition coefficient (Wildman–Crippen LogP) is 2.92. The van der Waals surface area contributed by atoms with E-state index >= 15 is 0 Å². The van der Waals surface area contributed by atoms with E-state index in [1.165, 1.54) is 7.11 Å². The summed E-state index contributed by atoms with van der Waals surface area (Å²) < 4.78 is 5.35. The van der Waals surface area contributed by atoms with Crippen LogP contribution in [-0.4, -0.2) is 26.0 Å². The molecule has 124 valence electrons. The van der Waals surface area contributed by atoms with Gasteiger partial charge in [-0.2, -0.15) is 0 Å². The van der Waals surface area contributed by atoms with Gasteiger partial charge in [0.15, 0.2) is 6.10 Å². The molecule has 5 nitrogen and oxygen atoms in total. The second-order valence-corrected chi connectivity index (χ2v) is 5.81. The first-order valence-corrected chi connectivity index (χ1v) is 7.88. The molecule has 2 aromatic carbocycles. The molecule has 1 heterocycles. The number of aryl methyl sites for hydroxylation is 1. The third-order valence-electron chi connectivity index (χ3n) is 4.27. The van der Waals surface area contributed by atoms with Crippen LogP contribution >= 0.6 is 0 Å². The van der Waals surface area contributed by atoms with Gasteiger partial charge in [0, 0.05) is 32.0 Å². The number of fused-ring (bicyclic) bond motifs is 1. The molecule has 1 aliphatic rings. The van der Waals surface area contributed by atoms with Gasteiger partial charge in [-0.05, 0) is 35.7 Å². The molecule has 3 rings (SSSR count). The number of nitrogens with zero attached hydrogens (tertiary/aromatic N) is 1. The summed E-state index contributed by atoms with van der Waals surface area (Å²) in [5, 5.41) is 2.90. The molecule has 2 aromatic rings. The van der Waals surface area contributed by atoms with Gasteiger partial charge in [-0.15, -0.1) is 0 Å². The smallest absolute Gasteiger partial charge is 0.258 e. The minimum absolute atomic E-state index is 0.114. The van der Waals surface area contributed by atoms with Crippen LogP contribution in [-0.2, 0) is 20.7 Å². The van der Waals surface area contributed by atoms with Crippen LogP contribution in [0, 0.1) is 0 Å². The topological polar surface area (TPSA) is 58.6 Å². The number of benzene rings is 2. The Hall–Kier alpha value is -2.66. The molecule has 1 N–H and O–H groups in total. The lowest BCUT2D eigenvalue weighted by molar-refractivity contribution is -0.126. The highest BCUT2D eigenvalue weighted by Crippen LogP contribution is 2.29. The van der Waals surface area contributed by atoms with Gasteiger partial charge < -0.3 is 15.0 Å². The monoisotopic (exact) mass is 324 g/mol. The van der Waals surface area contributed by atoms with Crippen LogP contribution in [0.4, 0.5) is 11.4 Å². The molecule has 0 saturated heterocycles. The van der Waals surface area contributed by atoms with E-state index in [0.29, 0.717) is 18.5 Å². The molecule has 1 unspecified atom stereocenters. The molecule has 0 saturated carbocycles. The standard InChI is InChI=1S/C19H20N2O3/c1-21-16-10-9-15(12-14(16)8-11-17(21)22)20-19(23)18(24-2)13-6-4-3-5-7-13/h3-7,9-10,12,18H,8,11H2,1-2H3,(H,20,23). The second-order valence-electron chi connectivity index (χ2n) is 5.81. The van der Waals surface area contributed by atoms with Crippen molar-refractivity contribution >= 4 is 23.2 Å². The fourth-order valence-corrected chi connectivity index (χ4v) is 2.96. The van der Waals surface area contributed by atoms with E-state index in [0.717, 1.165) is 16.8 Å². The molecule has 1 atom stereocenters. The third-order valence-corrected chi connectivity index (χ3v) is 4.27. The van der Waals surface area contributed by atoms with Gasteiger partial charge in [0.1, 0.15) is 0 Å². The number of carbonyl (C=O) groups excluding carboxylic acids is 2. The second kappa shape index (κ2) is 6.84. The van der Waals surface area contributed by atoms with Crippen molar-refractivity contribution in [3.8, 4) is 0 Å². The van der Waals surface area contributed by atoms with Crippen LogP contribution in [0.3, 0.4) is 0 Å². The van der Waals surface area contributed by atoms with Crippen molar-refractivity contribution in [1.29, 1.82) is 0 Å². The van der Waals surface area contributed by atoms with E-state index in [1.807, 2.05) is 48.5 Å². The minimum atomic E-state index is -0.661. The average molecular weight is 324 g/mol. The molecular weight excluding hydrogens is 304 g/mol. The molecule has 0 fully saturated rings. The summed E-state index contributed by atoms with van der Waals surface area (Å²) in [6.45, 7) is 0. The Balaban J connectivity index is 1.78. The molecule has 5 heteroatoms. The molecule has 0 aliphatic carbocycles. The number of anilines is 2. The van der Waals surface area contributed by atoms with Crippen molar-refractivity contribution in [3.63, 3.8) is 0 Å². The first-order chi connectivity index (χ1) is 11.6. The van der Waals surface area contributed by atoms with E-state index in [9.17, 15) is 9.59 Å². The highest BCUT2D eigenvalue weighted by atomic mass is 16.5. The van der Waals surface area contributed by atoms with Gasteiger partial charge in [-0.3, -0.25) is 9.59 Å². The van der Waals surface area contributed by atoms with E-state index in [4.69, 9.17) is 4.74 Å². The Labute approximate surface area is 141 Å². The first kappa shape index (κ1) is 16.2. The Morgan fingerprint density at radius 2 is 1.92 bits per heavy atom. The van der Waals surface area contributed by atoms with Crippen molar-refractivity contribution < 1.29 is 14.3 Å². The summed E-state index contributed by atoms with van der Waals surface area (Å²) in [6.07, 6.45) is 0.520. The summed E-state index contributed by atoms with van der Waals surface area (Å²) in [6, 6.07) is 15.0. The molecule has 0 aromatic heterocycles. The predicted molar refractivity (Wildman–Crippen MR) is 93.0 cm³/mol. The van der Waals surface area contributed by atoms with Gasteiger partial charge in [-0.25, -0.2) is 0 Å². The number of ether oxygens (including phenoxy) is 1. The number of methoxy groups -OCH3 is 1. The van der Waals surface area contributed by atoms with Crippen LogP contribution in [0.15, 0.2) is 48.5 Å². The SMILES string of the molecule is COC(C(=O)Nc1ccc2c(c1)CCC(=O)N2C)c1ccccc1. The quantitative estimate of drug-likeness (QED) is 0.941. The number of hydrogen-bond donors (Lipinski definition) is 1. The zero-order chi connectivity index (χ0) is 17.1. The van der Waals surface area contributed by atoms with Crippen molar-refractivity contribution in [2.75, 3.05) is 24.4 Å². The van der Waals surface area contributed by atoms with Crippen LogP contribution in [0.5, 0.6) is 0 Å². The summed E-state index contributed by atoms with van der Waals surface area (Å²) in [7, 11) is 3.29. The third kappa shape index (κ3) is 3.16. The Morgan fingerprint density at radius 1 is 1.17 bits per heavy atom. The normalized spacial score (nSPS) is 14.9. The van der Waals surface area contributed by atoms with Gasteiger partial charge in [0.05, 0.1) is 0 Å². The summed E-state index contributed by atoms with van der Waals surface area (Å²) >= 11 is 0. The van der Waals surface area contributed by atoms with Gasteiger partial charge in [0.2, 0.25) is 5.91 Å². The van der Waals surface area contributed by atoms with Gasteiger partial charge >= 0.3 is 0 Å². The van der Waals surface area contributed by atoms with Crippen molar-refractivity contribution in [3.05, 3.63) is 59.7 Å². The largest absolute Gasteiger partial charge is 0.367 e. The minimum Gasteiger partial charge on any atom is -0.367 e. The Kier molecular flexibility index (Phi) is 4.62. The summed E-state index contributed by atoms with van der Waals surface area (Å²) in [4.78, 5) is 25.9. The van der Waals surface area contributed by atoms with E-state index in [2.05, 4.69) is 5.32 Å². The molecule has 1 aliphatic heterocycles. The van der Waals surface area contributed by atoms with Crippen LogP contribution < -0.4 is 10.2 Å². The molecular formula is C19H20N2O3. The van der Waals surface area contributed by atoms with Gasteiger partial charge in [-0.1, -0.05) is 30.3 Å². The number of carbonyl (C=O) groups is 2. The van der Waals surface area contributed by atoms with Crippen molar-refractivity contribution in [2.45, 2.75) is 18.9 Å². The van der Waals surface area contributed by atoms with Crippen LogP contribution in [0.1, 0.15) is 23.7 Å². The molecule has 2 amide bonds. The van der Waals surface area contributed by atoms with Gasteiger partial charge in [0.25, 0.3) is 5.91 Å². The molecule has 0 bridgehead atoms. The van der Waals surface area contributed by atoms with Crippen molar-refractivity contribution in [1.82, 2.24) is 0 Å². The fourth-order valence-electron chi connectivity index (χ4n) is 2.96. The lowest BCUT2D eigenvalue weighted by Crippen LogP contribution is -2.31. The lowest BCUT2D eigenvalue weighted by atomic mass is 10.0. The highest BCUT2D eigenvalue weighted by Gasteiger charge is 2.23. The average Bonchev–Trinajstić information content (AvgIpc) is 2.60. The maximum absolute atomic E-state index is 12.5. The fraction of sp³-hybridized carbons (Fsp3) is 0.263. The Morgan fingerprint density at radius 3 is 2.62 bits per heavy atom. The van der Waals surface area contributed by atoms with Crippen LogP contribution in [0.2, 0.25) is 0 Å². The van der Waals surface area contributed by atoms with E-state index < -0.39 is 6.10 Å². The number of nitrogens with one attached hydrogen (secondary N) is 1. The molecule has 0 radical (unpaired) electrons. The number of amides is 2. The lowest BCUT2D eigenvalue weighted by Gasteiger charge is -2.26. The first-order valence-electron chi connectivity index (χ1n) is 7.88. The summed E-state index contributed by atoms with van der Waals surface area (Å²) in [5.74, 6) is -0.105. The van der Waals surface area contributed by atoms with Crippen molar-refractivity contribution in [2.24, 2.45) is 0 Å². The van der Waals surface area contributed by atoms with Crippen LogP contribution in [0.25, 0.3) is 0 Å². The molecule has 24 heavy (non-hydrogen) atoms. The molecule has 0 spiro atoms. The van der Waals surface area contributed by atoms with E-state index in [-0.39, 0.29) is 11.8 Å². The number of hydrogen-bond acceptors (Lipinski definition) is 3. The highest BCUT2D eigenvalue weighted by molar-refractivity contribution is 5.98. The maximum atomic E-state index is 12.5. The number of rotatable bonds is 4.